The van der Waals surface area contributed by atoms with Crippen LogP contribution in [0.25, 0.3) is 0 Å². The fourth-order valence-electron chi connectivity index (χ4n) is 4.44. The van der Waals surface area contributed by atoms with Crippen molar-refractivity contribution in [3.05, 3.63) is 5.82 Å². The van der Waals surface area contributed by atoms with E-state index in [4.69, 9.17) is 4.98 Å². The summed E-state index contributed by atoms with van der Waals surface area (Å²) < 4.78 is 0. The van der Waals surface area contributed by atoms with Crippen LogP contribution in [-0.2, 0) is 0 Å². The molecule has 1 aliphatic heterocycles. The molecule has 2 aliphatic carbocycles. The lowest BCUT2D eigenvalue weighted by Gasteiger charge is -2.35. The second kappa shape index (κ2) is 4.72. The molecule has 1 aromatic heterocycles. The van der Waals surface area contributed by atoms with Crippen molar-refractivity contribution >= 4 is 5.95 Å². The normalized spacial score (nSPS) is 40.5. The minimum absolute atomic E-state index is 0.504. The van der Waals surface area contributed by atoms with Gasteiger partial charge >= 0.3 is 0 Å². The molecule has 1 saturated heterocycles. The Morgan fingerprint density at radius 1 is 1.05 bits per heavy atom. The number of nitrogens with one attached hydrogen (secondary N) is 2. The summed E-state index contributed by atoms with van der Waals surface area (Å²) in [5.41, 5.74) is 0. The second-order valence-electron chi connectivity index (χ2n) is 7.03. The Balaban J connectivity index is 1.48. The number of anilines is 1. The zero-order valence-corrected chi connectivity index (χ0v) is 12.5. The second-order valence-corrected chi connectivity index (χ2v) is 7.03. The predicted molar refractivity (Wildman–Crippen MR) is 78.8 cm³/mol. The number of nitrogens with zero attached hydrogens (tertiary/aromatic N) is 3. The van der Waals surface area contributed by atoms with Crippen LogP contribution in [0.2, 0.25) is 0 Å². The molecule has 5 nitrogen and oxygen atoms in total. The summed E-state index contributed by atoms with van der Waals surface area (Å²) in [5, 5.41) is 11.3. The lowest BCUT2D eigenvalue weighted by atomic mass is 10.0. The standard InChI is InChI=1S/C15H25N5/c1-9-7-20(8-10(2)16-9)15-17-14(18-19-15)13-11-5-3-4-6-12(11)13/h9-13,16H,3-8H2,1-2H3,(H,17,18,19). The van der Waals surface area contributed by atoms with Gasteiger partial charge in [0.25, 0.3) is 0 Å². The van der Waals surface area contributed by atoms with Gasteiger partial charge in [-0.15, -0.1) is 5.10 Å². The van der Waals surface area contributed by atoms with E-state index < -0.39 is 0 Å². The molecule has 2 saturated carbocycles. The molecule has 4 unspecified atom stereocenters. The van der Waals surface area contributed by atoms with Crippen LogP contribution >= 0.6 is 0 Å². The molecule has 4 rings (SSSR count). The van der Waals surface area contributed by atoms with E-state index in [0.717, 1.165) is 36.7 Å². The van der Waals surface area contributed by atoms with Crippen LogP contribution in [0.15, 0.2) is 0 Å². The smallest absolute Gasteiger partial charge is 0.244 e. The summed E-state index contributed by atoms with van der Waals surface area (Å²) in [5.74, 6) is 4.52. The summed E-state index contributed by atoms with van der Waals surface area (Å²) >= 11 is 0. The third-order valence-corrected chi connectivity index (χ3v) is 5.30. The van der Waals surface area contributed by atoms with Gasteiger partial charge in [-0.05, 0) is 38.5 Å². The summed E-state index contributed by atoms with van der Waals surface area (Å²) in [7, 11) is 0. The lowest BCUT2D eigenvalue weighted by Crippen LogP contribution is -2.54. The van der Waals surface area contributed by atoms with Gasteiger partial charge in [0.2, 0.25) is 5.95 Å². The highest BCUT2D eigenvalue weighted by atomic mass is 15.4. The first-order valence-electron chi connectivity index (χ1n) is 8.15. The quantitative estimate of drug-likeness (QED) is 0.865. The van der Waals surface area contributed by atoms with E-state index in [1.54, 1.807) is 0 Å². The Hall–Kier alpha value is -1.10. The number of hydrogen-bond acceptors (Lipinski definition) is 4. The van der Waals surface area contributed by atoms with Gasteiger partial charge in [-0.3, -0.25) is 5.10 Å². The van der Waals surface area contributed by atoms with Gasteiger partial charge < -0.3 is 10.2 Å². The molecule has 0 bridgehead atoms. The maximum absolute atomic E-state index is 4.82. The third kappa shape index (κ3) is 2.12. The molecule has 0 aromatic carbocycles. The Morgan fingerprint density at radius 3 is 2.35 bits per heavy atom. The van der Waals surface area contributed by atoms with Crippen molar-refractivity contribution in [3.63, 3.8) is 0 Å². The predicted octanol–water partition coefficient (Wildman–Crippen LogP) is 1.89. The summed E-state index contributed by atoms with van der Waals surface area (Å²) in [6.07, 6.45) is 5.61. The highest BCUT2D eigenvalue weighted by molar-refractivity contribution is 5.32. The van der Waals surface area contributed by atoms with E-state index in [-0.39, 0.29) is 0 Å². The zero-order valence-electron chi connectivity index (χ0n) is 12.5. The lowest BCUT2D eigenvalue weighted by molar-refractivity contribution is 0.403. The van der Waals surface area contributed by atoms with E-state index in [2.05, 4.69) is 34.3 Å². The van der Waals surface area contributed by atoms with Crippen LogP contribution < -0.4 is 10.2 Å². The van der Waals surface area contributed by atoms with Crippen LogP contribution in [-0.4, -0.2) is 40.4 Å². The van der Waals surface area contributed by atoms with Crippen molar-refractivity contribution in [3.8, 4) is 0 Å². The summed E-state index contributed by atoms with van der Waals surface area (Å²) in [6.45, 7) is 6.45. The molecule has 5 heteroatoms. The van der Waals surface area contributed by atoms with E-state index in [1.807, 2.05) is 0 Å². The minimum atomic E-state index is 0.504. The first kappa shape index (κ1) is 12.6. The van der Waals surface area contributed by atoms with Gasteiger partial charge in [0.05, 0.1) is 0 Å². The van der Waals surface area contributed by atoms with E-state index in [0.29, 0.717) is 18.0 Å². The molecule has 0 radical (unpaired) electrons. The van der Waals surface area contributed by atoms with Gasteiger partial charge in [0.15, 0.2) is 0 Å². The minimum Gasteiger partial charge on any atom is -0.336 e. The first-order valence-corrected chi connectivity index (χ1v) is 8.15. The van der Waals surface area contributed by atoms with Crippen LogP contribution in [0, 0.1) is 11.8 Å². The maximum Gasteiger partial charge on any atom is 0.244 e. The average molecular weight is 275 g/mol. The molecule has 3 aliphatic rings. The van der Waals surface area contributed by atoms with Crippen LogP contribution in [0.3, 0.4) is 0 Å². The SMILES string of the molecule is CC1CN(c2n[nH]c(C3C4CCCCC43)n2)CC(C)N1. The molecule has 20 heavy (non-hydrogen) atoms. The number of H-pyrrole nitrogens is 1. The highest BCUT2D eigenvalue weighted by Crippen LogP contribution is 2.60. The zero-order chi connectivity index (χ0) is 13.7. The molecule has 2 N–H and O–H groups in total. The third-order valence-electron chi connectivity index (χ3n) is 5.30. The molecule has 4 atom stereocenters. The first-order chi connectivity index (χ1) is 9.72. The number of hydrogen-bond donors (Lipinski definition) is 2. The van der Waals surface area contributed by atoms with Gasteiger partial charge in [0.1, 0.15) is 5.82 Å². The summed E-state index contributed by atoms with van der Waals surface area (Å²) in [4.78, 5) is 7.14. The van der Waals surface area contributed by atoms with Crippen molar-refractivity contribution < 1.29 is 0 Å². The largest absolute Gasteiger partial charge is 0.336 e. The van der Waals surface area contributed by atoms with Crippen LogP contribution in [0.5, 0.6) is 0 Å². The number of rotatable bonds is 2. The maximum atomic E-state index is 4.82. The number of aromatic amines is 1. The Bertz CT molecular complexity index is 462. The van der Waals surface area contributed by atoms with Gasteiger partial charge in [-0.1, -0.05) is 12.8 Å². The topological polar surface area (TPSA) is 56.8 Å². The number of aromatic nitrogens is 3. The molecule has 3 fully saturated rings. The molecule has 0 spiro atoms. The van der Waals surface area contributed by atoms with Gasteiger partial charge in [-0.2, -0.15) is 4.98 Å². The molecule has 2 heterocycles. The van der Waals surface area contributed by atoms with Crippen LogP contribution in [0.1, 0.15) is 51.3 Å². The monoisotopic (exact) mass is 275 g/mol. The number of fused-ring (bicyclic) bond motifs is 1. The van der Waals surface area contributed by atoms with Gasteiger partial charge in [0, 0.05) is 31.1 Å². The molecular formula is C15H25N5. The molecular weight excluding hydrogens is 250 g/mol. The van der Waals surface area contributed by atoms with Gasteiger partial charge in [-0.25, -0.2) is 0 Å². The molecule has 1 aromatic rings. The van der Waals surface area contributed by atoms with Crippen LogP contribution in [0.4, 0.5) is 5.95 Å². The van der Waals surface area contributed by atoms with Crippen molar-refractivity contribution in [1.29, 1.82) is 0 Å². The fourth-order valence-corrected chi connectivity index (χ4v) is 4.44. The van der Waals surface area contributed by atoms with E-state index in [9.17, 15) is 0 Å². The average Bonchev–Trinajstić information content (AvgIpc) is 2.94. The Kier molecular flexibility index (Phi) is 2.98. The van der Waals surface area contributed by atoms with E-state index in [1.165, 1.54) is 25.7 Å². The van der Waals surface area contributed by atoms with Crippen molar-refractivity contribution in [1.82, 2.24) is 20.5 Å². The Labute approximate surface area is 120 Å². The summed E-state index contributed by atoms with van der Waals surface area (Å²) in [6, 6.07) is 1.01. The van der Waals surface area contributed by atoms with Crippen molar-refractivity contribution in [2.45, 2.75) is 57.5 Å². The highest BCUT2D eigenvalue weighted by Gasteiger charge is 2.53. The molecule has 0 amide bonds. The van der Waals surface area contributed by atoms with E-state index >= 15 is 0 Å². The Morgan fingerprint density at radius 2 is 1.70 bits per heavy atom. The van der Waals surface area contributed by atoms with Crippen molar-refractivity contribution in [2.75, 3.05) is 18.0 Å². The fraction of sp³-hybridized carbons (Fsp3) is 0.867. The number of piperazine rings is 1. The van der Waals surface area contributed by atoms with Crippen molar-refractivity contribution in [2.24, 2.45) is 11.8 Å². The molecule has 110 valence electrons.